The van der Waals surface area contributed by atoms with E-state index in [-0.39, 0.29) is 46.2 Å². The first-order valence-corrected chi connectivity index (χ1v) is 14.1. The molecule has 40 heavy (non-hydrogen) atoms. The van der Waals surface area contributed by atoms with Crippen LogP contribution in [0.25, 0.3) is 11.1 Å². The molecule has 3 aromatic rings. The van der Waals surface area contributed by atoms with Gasteiger partial charge in [-0.2, -0.15) is 13.2 Å². The Labute approximate surface area is 232 Å². The fourth-order valence-electron chi connectivity index (χ4n) is 4.35. The molecule has 1 aliphatic rings. The Morgan fingerprint density at radius 1 is 1.02 bits per heavy atom. The van der Waals surface area contributed by atoms with E-state index in [2.05, 4.69) is 15.4 Å². The van der Waals surface area contributed by atoms with Gasteiger partial charge >= 0.3 is 12.2 Å². The maximum Gasteiger partial charge on any atom is 0.417 e. The van der Waals surface area contributed by atoms with E-state index >= 15 is 0 Å². The largest absolute Gasteiger partial charge is 0.417 e. The van der Waals surface area contributed by atoms with Crippen LogP contribution < -0.4 is 20.3 Å². The van der Waals surface area contributed by atoms with Crippen LogP contribution in [0.3, 0.4) is 0 Å². The van der Waals surface area contributed by atoms with Crippen molar-refractivity contribution >= 4 is 50.6 Å². The minimum absolute atomic E-state index is 0.00224. The number of alkyl halides is 3. The Hall–Kier alpha value is -3.84. The molecule has 0 bridgehead atoms. The summed E-state index contributed by atoms with van der Waals surface area (Å²) in [4.78, 5) is 26.8. The number of piperidine rings is 1. The maximum atomic E-state index is 14.2. The van der Waals surface area contributed by atoms with Gasteiger partial charge in [0, 0.05) is 22.8 Å². The van der Waals surface area contributed by atoms with Crippen molar-refractivity contribution in [2.24, 2.45) is 0 Å². The zero-order valence-corrected chi connectivity index (χ0v) is 22.4. The van der Waals surface area contributed by atoms with E-state index in [1.165, 1.54) is 48.5 Å². The number of rotatable bonds is 6. The highest BCUT2D eigenvalue weighted by Crippen LogP contribution is 2.42. The van der Waals surface area contributed by atoms with Crippen molar-refractivity contribution < 1.29 is 35.6 Å². The Morgan fingerprint density at radius 2 is 1.75 bits per heavy atom. The van der Waals surface area contributed by atoms with Gasteiger partial charge in [0.05, 0.1) is 23.2 Å². The van der Waals surface area contributed by atoms with Crippen LogP contribution in [0.15, 0.2) is 60.7 Å². The number of hydrogen-bond donors (Lipinski definition) is 3. The van der Waals surface area contributed by atoms with Gasteiger partial charge in [-0.1, -0.05) is 35.9 Å². The number of halogens is 5. The monoisotopic (exact) mass is 598 g/mol. The number of anilines is 3. The average Bonchev–Trinajstić information content (AvgIpc) is 2.86. The molecule has 0 radical (unpaired) electrons. The summed E-state index contributed by atoms with van der Waals surface area (Å²) >= 11 is 5.70. The van der Waals surface area contributed by atoms with Crippen molar-refractivity contribution in [3.63, 3.8) is 0 Å². The molecule has 0 aromatic heterocycles. The van der Waals surface area contributed by atoms with Gasteiger partial charge in [-0.15, -0.1) is 0 Å². The summed E-state index contributed by atoms with van der Waals surface area (Å²) in [7, 11) is -3.78. The second-order valence-electron chi connectivity index (χ2n) is 9.05. The number of hydrogen-bond acceptors (Lipinski definition) is 4. The highest BCUT2D eigenvalue weighted by molar-refractivity contribution is 7.92. The maximum absolute atomic E-state index is 14.2. The number of nitrogens with zero attached hydrogens (tertiary/aromatic N) is 1. The van der Waals surface area contributed by atoms with Crippen molar-refractivity contribution in [1.82, 2.24) is 5.32 Å². The third-order valence-electron chi connectivity index (χ3n) is 6.06. The van der Waals surface area contributed by atoms with E-state index < -0.39 is 45.6 Å². The van der Waals surface area contributed by atoms with Crippen molar-refractivity contribution in [2.75, 3.05) is 27.7 Å². The van der Waals surface area contributed by atoms with E-state index in [9.17, 15) is 35.6 Å². The molecule has 4 rings (SSSR count). The number of nitrogens with one attached hydrogen (secondary N) is 3. The summed E-state index contributed by atoms with van der Waals surface area (Å²) in [6.45, 7) is 0.104. The molecule has 212 valence electrons. The van der Waals surface area contributed by atoms with Crippen molar-refractivity contribution in [3.8, 4) is 11.1 Å². The highest BCUT2D eigenvalue weighted by atomic mass is 35.5. The van der Waals surface area contributed by atoms with E-state index in [1.54, 1.807) is 0 Å². The normalized spacial score (nSPS) is 16.0. The fourth-order valence-corrected chi connectivity index (χ4v) is 5.09. The number of carbonyl (C=O) groups excluding carboxylic acids is 2. The number of carbonyl (C=O) groups is 2. The molecule has 1 saturated heterocycles. The summed E-state index contributed by atoms with van der Waals surface area (Å²) < 4.78 is 82.4. The van der Waals surface area contributed by atoms with Crippen LogP contribution in [0, 0.1) is 5.82 Å². The Bertz CT molecular complexity index is 1570. The Morgan fingerprint density at radius 3 is 2.42 bits per heavy atom. The number of benzene rings is 3. The lowest BCUT2D eigenvalue weighted by molar-refractivity contribution is -0.137. The average molecular weight is 599 g/mol. The minimum Gasteiger partial charge on any atom is -0.326 e. The molecule has 1 fully saturated rings. The van der Waals surface area contributed by atoms with Crippen molar-refractivity contribution in [2.45, 2.75) is 25.1 Å². The number of amides is 3. The molecule has 1 aliphatic heterocycles. The lowest BCUT2D eigenvalue weighted by atomic mass is 9.96. The first-order chi connectivity index (χ1) is 18.7. The van der Waals surface area contributed by atoms with Crippen LogP contribution in [0.1, 0.15) is 18.4 Å². The molecule has 1 heterocycles. The molecule has 3 amide bonds. The molecule has 0 unspecified atom stereocenters. The zero-order chi connectivity index (χ0) is 29.2. The van der Waals surface area contributed by atoms with Gasteiger partial charge in [0.25, 0.3) is 0 Å². The molecule has 3 aromatic carbocycles. The lowest BCUT2D eigenvalue weighted by Gasteiger charge is -2.33. The molecule has 0 saturated carbocycles. The Kier molecular flexibility index (Phi) is 8.26. The highest BCUT2D eigenvalue weighted by Gasteiger charge is 2.37. The van der Waals surface area contributed by atoms with Crippen LogP contribution in [0.5, 0.6) is 0 Å². The second-order valence-corrected chi connectivity index (χ2v) is 11.2. The number of sulfonamides is 1. The lowest BCUT2D eigenvalue weighted by Crippen LogP contribution is -2.53. The molecule has 14 heteroatoms. The third-order valence-corrected chi connectivity index (χ3v) is 6.88. The van der Waals surface area contributed by atoms with E-state index in [0.717, 1.165) is 23.3 Å². The number of urea groups is 1. The quantitative estimate of drug-likeness (QED) is 0.309. The van der Waals surface area contributed by atoms with Crippen LogP contribution in [0.4, 0.5) is 39.4 Å². The summed E-state index contributed by atoms with van der Waals surface area (Å²) in [5, 5.41) is 4.85. The first-order valence-electron chi connectivity index (χ1n) is 11.9. The summed E-state index contributed by atoms with van der Waals surface area (Å²) in [6, 6.07) is 10.6. The molecule has 1 atom stereocenters. The molecule has 8 nitrogen and oxygen atoms in total. The van der Waals surface area contributed by atoms with E-state index in [0.29, 0.717) is 6.42 Å². The van der Waals surface area contributed by atoms with Crippen LogP contribution in [0.2, 0.25) is 5.02 Å². The summed E-state index contributed by atoms with van der Waals surface area (Å²) in [5.41, 5.74) is -1.62. The van der Waals surface area contributed by atoms with Crippen LogP contribution in [-0.4, -0.2) is 39.2 Å². The molecule has 3 N–H and O–H groups in total. The molecular weight excluding hydrogens is 576 g/mol. The van der Waals surface area contributed by atoms with Crippen LogP contribution >= 0.6 is 11.6 Å². The smallest absolute Gasteiger partial charge is 0.326 e. The van der Waals surface area contributed by atoms with Gasteiger partial charge in [0.1, 0.15) is 11.9 Å². The van der Waals surface area contributed by atoms with Gasteiger partial charge in [0.15, 0.2) is 0 Å². The first kappa shape index (κ1) is 29.2. The predicted molar refractivity (Wildman–Crippen MR) is 144 cm³/mol. The molecular formula is C26H23ClF4N4O4S. The van der Waals surface area contributed by atoms with Gasteiger partial charge in [-0.3, -0.25) is 9.52 Å². The van der Waals surface area contributed by atoms with Crippen molar-refractivity contribution in [3.05, 3.63) is 77.1 Å². The zero-order valence-electron chi connectivity index (χ0n) is 20.9. The van der Waals surface area contributed by atoms with Crippen LogP contribution in [-0.2, 0) is 21.0 Å². The molecule has 0 spiro atoms. The molecule has 0 aliphatic carbocycles. The predicted octanol–water partition coefficient (Wildman–Crippen LogP) is 5.85. The third kappa shape index (κ3) is 6.83. The van der Waals surface area contributed by atoms with Gasteiger partial charge < -0.3 is 15.5 Å². The van der Waals surface area contributed by atoms with Gasteiger partial charge in [-0.25, -0.2) is 17.6 Å². The standard InChI is InChI=1S/C26H23ClF4N4O4S/c1-40(38,39)34-21-6-3-2-5-18(21)17-10-9-16(14-19(17)26(29,30)31)35-12-4-7-23(24(35)36)33-25(37)32-22-11-8-15(27)13-20(22)28/h2-3,5-6,8-11,13-14,23,34H,4,7,12H2,1H3,(H2,32,33,37)/t23-/m1/s1. The SMILES string of the molecule is CS(=O)(=O)Nc1ccccc1-c1ccc(N2CCC[C@@H](NC(=O)Nc3ccc(Cl)cc3F)C2=O)cc1C(F)(F)F. The second kappa shape index (κ2) is 11.3. The van der Waals surface area contributed by atoms with E-state index in [4.69, 9.17) is 11.6 Å². The fraction of sp³-hybridized carbons (Fsp3) is 0.231. The summed E-state index contributed by atoms with van der Waals surface area (Å²) in [5.74, 6) is -1.43. The summed E-state index contributed by atoms with van der Waals surface area (Å²) in [6.07, 6.45) is -3.37. The van der Waals surface area contributed by atoms with E-state index in [1.807, 2.05) is 0 Å². The minimum atomic E-state index is -4.84. The van der Waals surface area contributed by atoms with Crippen molar-refractivity contribution in [1.29, 1.82) is 0 Å². The Balaban J connectivity index is 1.60. The number of para-hydroxylation sites is 1. The topological polar surface area (TPSA) is 108 Å². The van der Waals surface area contributed by atoms with Gasteiger partial charge in [-0.05, 0) is 54.8 Å². The van der Waals surface area contributed by atoms with Gasteiger partial charge in [0.2, 0.25) is 15.9 Å².